The first-order valence-corrected chi connectivity index (χ1v) is 9.51. The molecule has 1 aromatic carbocycles. The van der Waals surface area contributed by atoms with E-state index in [-0.39, 0.29) is 18.1 Å². The van der Waals surface area contributed by atoms with Crippen molar-refractivity contribution >= 4 is 5.91 Å². The van der Waals surface area contributed by atoms with Gasteiger partial charge in [-0.05, 0) is 44.6 Å². The first-order chi connectivity index (χ1) is 12.6. The maximum atomic E-state index is 12.9. The van der Waals surface area contributed by atoms with Crippen LogP contribution in [0.25, 0.3) is 0 Å². The van der Waals surface area contributed by atoms with Crippen molar-refractivity contribution in [3.63, 3.8) is 0 Å². The second-order valence-corrected chi connectivity index (χ2v) is 7.51. The van der Waals surface area contributed by atoms with E-state index in [0.29, 0.717) is 31.8 Å². The van der Waals surface area contributed by atoms with Gasteiger partial charge in [0.25, 0.3) is 0 Å². The minimum Gasteiger partial charge on any atom is -0.366 e. The van der Waals surface area contributed by atoms with Crippen molar-refractivity contribution in [1.82, 2.24) is 10.1 Å². The highest BCUT2D eigenvalue weighted by atomic mass is 16.5. The molecule has 0 bridgehead atoms. The van der Waals surface area contributed by atoms with E-state index >= 15 is 0 Å². The van der Waals surface area contributed by atoms with E-state index in [9.17, 15) is 4.79 Å². The Balaban J connectivity index is 1.44. The number of ether oxygens (including phenoxy) is 1. The van der Waals surface area contributed by atoms with Gasteiger partial charge in [0.2, 0.25) is 5.91 Å². The van der Waals surface area contributed by atoms with E-state index in [0.717, 1.165) is 22.6 Å². The standard InChI is InChI=1S/C21H26N2O3/c1-14-18(15(2)26-22-14)10-11-21(24)23-12-19(16-6-4-3-5-7-16)25-20(13-23)17-8-9-17/h3-7,17,19-20H,8-13H2,1-2H3/t19-,20+/m0/s1. The van der Waals surface area contributed by atoms with Gasteiger partial charge in [0.15, 0.2) is 0 Å². The van der Waals surface area contributed by atoms with Gasteiger partial charge in [-0.3, -0.25) is 4.79 Å². The van der Waals surface area contributed by atoms with Gasteiger partial charge in [-0.15, -0.1) is 0 Å². The zero-order valence-electron chi connectivity index (χ0n) is 15.5. The maximum absolute atomic E-state index is 12.9. The van der Waals surface area contributed by atoms with Crippen molar-refractivity contribution in [2.45, 2.75) is 51.7 Å². The van der Waals surface area contributed by atoms with Gasteiger partial charge in [0.1, 0.15) is 11.9 Å². The summed E-state index contributed by atoms with van der Waals surface area (Å²) in [4.78, 5) is 14.9. The summed E-state index contributed by atoms with van der Waals surface area (Å²) in [5.41, 5.74) is 3.10. The lowest BCUT2D eigenvalue weighted by Crippen LogP contribution is -2.47. The molecule has 4 rings (SSSR count). The minimum absolute atomic E-state index is 0.0291. The van der Waals surface area contributed by atoms with Crippen LogP contribution < -0.4 is 0 Å². The van der Waals surface area contributed by atoms with Crippen LogP contribution in [0.3, 0.4) is 0 Å². The zero-order chi connectivity index (χ0) is 18.1. The van der Waals surface area contributed by atoms with Crippen molar-refractivity contribution in [3.05, 3.63) is 52.9 Å². The Hall–Kier alpha value is -2.14. The Labute approximate surface area is 154 Å². The molecule has 0 unspecified atom stereocenters. The molecule has 26 heavy (non-hydrogen) atoms. The van der Waals surface area contributed by atoms with Crippen LogP contribution in [0.15, 0.2) is 34.9 Å². The number of carbonyl (C=O) groups excluding carboxylic acids is 1. The molecule has 1 saturated heterocycles. The van der Waals surface area contributed by atoms with E-state index in [1.165, 1.54) is 12.8 Å². The van der Waals surface area contributed by atoms with E-state index in [4.69, 9.17) is 9.26 Å². The highest BCUT2D eigenvalue weighted by Crippen LogP contribution is 2.39. The first kappa shape index (κ1) is 17.3. The Kier molecular flexibility index (Phi) is 4.81. The molecular formula is C21H26N2O3. The normalized spacial score (nSPS) is 23.2. The molecule has 2 aliphatic rings. The summed E-state index contributed by atoms with van der Waals surface area (Å²) in [6.45, 7) is 5.19. The van der Waals surface area contributed by atoms with Crippen LogP contribution >= 0.6 is 0 Å². The number of carbonyl (C=O) groups is 1. The van der Waals surface area contributed by atoms with E-state index < -0.39 is 0 Å². The average Bonchev–Trinajstić information content (AvgIpc) is 3.47. The van der Waals surface area contributed by atoms with E-state index in [1.54, 1.807) is 0 Å². The summed E-state index contributed by atoms with van der Waals surface area (Å²) in [6.07, 6.45) is 3.74. The van der Waals surface area contributed by atoms with Crippen molar-refractivity contribution in [3.8, 4) is 0 Å². The number of aryl methyl sites for hydroxylation is 2. The van der Waals surface area contributed by atoms with Gasteiger partial charge < -0.3 is 14.2 Å². The number of hydrogen-bond donors (Lipinski definition) is 0. The third kappa shape index (κ3) is 3.68. The Morgan fingerprint density at radius 1 is 1.19 bits per heavy atom. The molecule has 1 amide bonds. The lowest BCUT2D eigenvalue weighted by atomic mass is 10.0. The summed E-state index contributed by atoms with van der Waals surface area (Å²) >= 11 is 0. The summed E-state index contributed by atoms with van der Waals surface area (Å²) in [5, 5.41) is 3.98. The van der Waals surface area contributed by atoms with Gasteiger partial charge in [0, 0.05) is 18.5 Å². The molecule has 2 fully saturated rings. The average molecular weight is 354 g/mol. The molecule has 0 radical (unpaired) electrons. The third-order valence-electron chi connectivity index (χ3n) is 5.57. The second kappa shape index (κ2) is 7.23. The van der Waals surface area contributed by atoms with Crippen LogP contribution in [0.2, 0.25) is 0 Å². The smallest absolute Gasteiger partial charge is 0.223 e. The molecule has 0 N–H and O–H groups in total. The largest absolute Gasteiger partial charge is 0.366 e. The van der Waals surface area contributed by atoms with E-state index in [2.05, 4.69) is 17.3 Å². The summed E-state index contributed by atoms with van der Waals surface area (Å²) in [7, 11) is 0. The minimum atomic E-state index is -0.0291. The SMILES string of the molecule is Cc1noc(C)c1CCC(=O)N1C[C@@H](c2ccccc2)O[C@@H](C2CC2)C1. The third-order valence-corrected chi connectivity index (χ3v) is 5.57. The van der Waals surface area contributed by atoms with E-state index in [1.807, 2.05) is 36.9 Å². The van der Waals surface area contributed by atoms with Crippen molar-refractivity contribution < 1.29 is 14.1 Å². The second-order valence-electron chi connectivity index (χ2n) is 7.51. The molecule has 0 spiro atoms. The fourth-order valence-electron chi connectivity index (χ4n) is 3.82. The molecule has 1 aliphatic heterocycles. The Morgan fingerprint density at radius 2 is 1.96 bits per heavy atom. The van der Waals surface area contributed by atoms with Crippen LogP contribution in [0.4, 0.5) is 0 Å². The highest BCUT2D eigenvalue weighted by molar-refractivity contribution is 5.76. The van der Waals surface area contributed by atoms with Crippen molar-refractivity contribution in [2.75, 3.05) is 13.1 Å². The molecule has 5 nitrogen and oxygen atoms in total. The molecular weight excluding hydrogens is 328 g/mol. The van der Waals surface area contributed by atoms with Crippen LogP contribution in [0, 0.1) is 19.8 Å². The molecule has 2 aromatic rings. The quantitative estimate of drug-likeness (QED) is 0.823. The number of aromatic nitrogens is 1. The van der Waals surface area contributed by atoms with Gasteiger partial charge in [-0.2, -0.15) is 0 Å². The predicted molar refractivity (Wildman–Crippen MR) is 97.7 cm³/mol. The molecule has 1 aromatic heterocycles. The van der Waals surface area contributed by atoms with Crippen LogP contribution in [-0.2, 0) is 16.0 Å². The summed E-state index contributed by atoms with van der Waals surface area (Å²) in [6, 6.07) is 10.3. The predicted octanol–water partition coefficient (Wildman–Crippen LogP) is 3.60. The molecule has 1 saturated carbocycles. The molecule has 2 atom stereocenters. The lowest BCUT2D eigenvalue weighted by Gasteiger charge is -2.38. The number of nitrogens with zero attached hydrogens (tertiary/aromatic N) is 2. The fourth-order valence-corrected chi connectivity index (χ4v) is 3.82. The summed E-state index contributed by atoms with van der Waals surface area (Å²) < 4.78 is 11.6. The Bertz CT molecular complexity index is 747. The van der Waals surface area contributed by atoms with Gasteiger partial charge >= 0.3 is 0 Å². The lowest BCUT2D eigenvalue weighted by molar-refractivity contribution is -0.148. The Morgan fingerprint density at radius 3 is 2.62 bits per heavy atom. The molecule has 138 valence electrons. The molecule has 5 heteroatoms. The van der Waals surface area contributed by atoms with Gasteiger partial charge in [0.05, 0.1) is 18.3 Å². The van der Waals surface area contributed by atoms with Gasteiger partial charge in [-0.25, -0.2) is 0 Å². The number of benzene rings is 1. The first-order valence-electron chi connectivity index (χ1n) is 9.51. The fraction of sp³-hybridized carbons (Fsp3) is 0.524. The topological polar surface area (TPSA) is 55.6 Å². The maximum Gasteiger partial charge on any atom is 0.223 e. The molecule has 1 aliphatic carbocycles. The zero-order valence-corrected chi connectivity index (χ0v) is 15.5. The highest BCUT2D eigenvalue weighted by Gasteiger charge is 2.39. The summed E-state index contributed by atoms with van der Waals surface area (Å²) in [5.74, 6) is 1.62. The van der Waals surface area contributed by atoms with Gasteiger partial charge in [-0.1, -0.05) is 35.5 Å². The monoisotopic (exact) mass is 354 g/mol. The van der Waals surface area contributed by atoms with Crippen LogP contribution in [0.1, 0.15) is 47.9 Å². The van der Waals surface area contributed by atoms with Crippen molar-refractivity contribution in [1.29, 1.82) is 0 Å². The number of rotatable bonds is 5. The number of morpholine rings is 1. The van der Waals surface area contributed by atoms with Crippen molar-refractivity contribution in [2.24, 2.45) is 5.92 Å². The molecule has 2 heterocycles. The van der Waals surface area contributed by atoms with Crippen LogP contribution in [0.5, 0.6) is 0 Å². The number of amides is 1. The van der Waals surface area contributed by atoms with Crippen LogP contribution in [-0.4, -0.2) is 35.2 Å². The number of hydrogen-bond acceptors (Lipinski definition) is 4.